The van der Waals surface area contributed by atoms with E-state index in [-0.39, 0.29) is 29.5 Å². The Labute approximate surface area is 149 Å². The summed E-state index contributed by atoms with van der Waals surface area (Å²) in [7, 11) is 0. The molecule has 6 nitrogen and oxygen atoms in total. The number of morpholine rings is 1. The predicted molar refractivity (Wildman–Crippen MR) is 98.8 cm³/mol. The summed E-state index contributed by atoms with van der Waals surface area (Å²) in [5.74, 6) is -0.00395. The Morgan fingerprint density at radius 3 is 2.40 bits per heavy atom. The van der Waals surface area contributed by atoms with E-state index in [1.807, 2.05) is 18.7 Å². The first-order valence-corrected chi connectivity index (χ1v) is 8.75. The van der Waals surface area contributed by atoms with Crippen LogP contribution in [0.25, 0.3) is 0 Å². The largest absolute Gasteiger partial charge is 0.374 e. The van der Waals surface area contributed by atoms with Gasteiger partial charge in [0.1, 0.15) is 0 Å². The van der Waals surface area contributed by atoms with Gasteiger partial charge in [0.15, 0.2) is 0 Å². The zero-order chi connectivity index (χ0) is 18.6. The molecule has 138 valence electrons. The van der Waals surface area contributed by atoms with E-state index in [0.29, 0.717) is 30.9 Å². The Hall–Kier alpha value is -2.08. The molecule has 2 N–H and O–H groups in total. The number of amides is 3. The molecule has 1 aromatic carbocycles. The molecule has 0 aliphatic carbocycles. The van der Waals surface area contributed by atoms with Gasteiger partial charge in [-0.3, -0.25) is 4.79 Å². The Balaban J connectivity index is 1.99. The van der Waals surface area contributed by atoms with E-state index in [2.05, 4.69) is 31.4 Å². The van der Waals surface area contributed by atoms with E-state index in [9.17, 15) is 9.59 Å². The van der Waals surface area contributed by atoms with E-state index in [1.54, 1.807) is 24.3 Å². The smallest absolute Gasteiger partial charge is 0.319 e. The lowest BCUT2D eigenvalue weighted by Gasteiger charge is -2.39. The number of carbonyl (C=O) groups is 2. The highest BCUT2D eigenvalue weighted by Gasteiger charge is 2.32. The van der Waals surface area contributed by atoms with Crippen molar-refractivity contribution in [3.63, 3.8) is 0 Å². The predicted octanol–water partition coefficient (Wildman–Crippen LogP) is 3.10. The molecule has 1 saturated heterocycles. The molecule has 1 heterocycles. The molecule has 1 aliphatic heterocycles. The Morgan fingerprint density at radius 2 is 1.84 bits per heavy atom. The lowest BCUT2D eigenvalue weighted by atomic mass is 9.88. The number of nitrogens with one attached hydrogen (secondary N) is 2. The number of anilines is 1. The maximum Gasteiger partial charge on any atom is 0.319 e. The van der Waals surface area contributed by atoms with Gasteiger partial charge in [0, 0.05) is 30.4 Å². The van der Waals surface area contributed by atoms with Gasteiger partial charge >= 0.3 is 6.03 Å². The number of urea groups is 1. The summed E-state index contributed by atoms with van der Waals surface area (Å²) in [6.07, 6.45) is 0.0332. The number of rotatable bonds is 3. The van der Waals surface area contributed by atoms with Gasteiger partial charge in [-0.1, -0.05) is 20.8 Å². The minimum absolute atomic E-state index is 0.00347. The van der Waals surface area contributed by atoms with Gasteiger partial charge in [-0.05, 0) is 43.5 Å². The van der Waals surface area contributed by atoms with Gasteiger partial charge in [0.05, 0.1) is 12.7 Å². The summed E-state index contributed by atoms with van der Waals surface area (Å²) >= 11 is 0. The molecule has 0 aromatic heterocycles. The van der Waals surface area contributed by atoms with Crippen LogP contribution in [0, 0.1) is 5.41 Å². The van der Waals surface area contributed by atoms with Crippen molar-refractivity contribution >= 4 is 17.6 Å². The van der Waals surface area contributed by atoms with E-state index in [4.69, 9.17) is 4.74 Å². The molecule has 2 rings (SSSR count). The molecule has 0 spiro atoms. The highest BCUT2D eigenvalue weighted by atomic mass is 16.5. The zero-order valence-corrected chi connectivity index (χ0v) is 15.8. The fourth-order valence-electron chi connectivity index (χ4n) is 2.67. The molecule has 6 heteroatoms. The second kappa shape index (κ2) is 7.87. The van der Waals surface area contributed by atoms with Crippen molar-refractivity contribution in [2.45, 2.75) is 46.8 Å². The number of hydrogen-bond donors (Lipinski definition) is 2. The molecule has 0 bridgehead atoms. The highest BCUT2D eigenvalue weighted by molar-refractivity contribution is 5.95. The molecule has 3 amide bonds. The van der Waals surface area contributed by atoms with Crippen LogP contribution in [0.1, 0.15) is 45.0 Å². The number of carbonyl (C=O) groups excluding carboxylic acids is 2. The number of hydrogen-bond acceptors (Lipinski definition) is 3. The standard InChI is InChI=1S/C19H29N3O3/c1-13(2)20-18(24)21-15-8-6-14(7-9-15)17(23)22-10-11-25-16(12-22)19(3,4)5/h6-9,13,16H,10-12H2,1-5H3,(H2,20,21,24). The first kappa shape index (κ1) is 19.2. The summed E-state index contributed by atoms with van der Waals surface area (Å²) in [6, 6.07) is 6.79. The first-order valence-electron chi connectivity index (χ1n) is 8.75. The Bertz CT molecular complexity index is 605. The maximum absolute atomic E-state index is 12.7. The molecule has 25 heavy (non-hydrogen) atoms. The van der Waals surface area contributed by atoms with Crippen LogP contribution >= 0.6 is 0 Å². The zero-order valence-electron chi connectivity index (χ0n) is 15.8. The average molecular weight is 347 g/mol. The maximum atomic E-state index is 12.7. The van der Waals surface area contributed by atoms with Gasteiger partial charge in [-0.2, -0.15) is 0 Å². The number of ether oxygens (including phenoxy) is 1. The summed E-state index contributed by atoms with van der Waals surface area (Å²) in [4.78, 5) is 26.3. The topological polar surface area (TPSA) is 70.7 Å². The normalized spacial score (nSPS) is 18.2. The SMILES string of the molecule is CC(C)NC(=O)Nc1ccc(C(=O)N2CCOC(C(C)(C)C)C2)cc1. The van der Waals surface area contributed by atoms with E-state index in [0.717, 1.165) is 0 Å². The van der Waals surface area contributed by atoms with Crippen LogP contribution in [0.2, 0.25) is 0 Å². The van der Waals surface area contributed by atoms with Crippen molar-refractivity contribution in [2.75, 3.05) is 25.0 Å². The third-order valence-electron chi connectivity index (χ3n) is 4.13. The quantitative estimate of drug-likeness (QED) is 0.882. The summed E-state index contributed by atoms with van der Waals surface area (Å²) in [5.41, 5.74) is 1.27. The fraction of sp³-hybridized carbons (Fsp3) is 0.579. The second-order valence-electron chi connectivity index (χ2n) is 7.81. The highest BCUT2D eigenvalue weighted by Crippen LogP contribution is 2.26. The molecule has 0 radical (unpaired) electrons. The van der Waals surface area contributed by atoms with E-state index >= 15 is 0 Å². The van der Waals surface area contributed by atoms with Crippen LogP contribution in [0.5, 0.6) is 0 Å². The lowest BCUT2D eigenvalue weighted by Crippen LogP contribution is -2.50. The molecule has 0 saturated carbocycles. The molecule has 1 atom stereocenters. The minimum Gasteiger partial charge on any atom is -0.374 e. The van der Waals surface area contributed by atoms with Gasteiger partial charge in [0.25, 0.3) is 5.91 Å². The lowest BCUT2D eigenvalue weighted by molar-refractivity contribution is -0.0706. The van der Waals surface area contributed by atoms with E-state index < -0.39 is 0 Å². The van der Waals surface area contributed by atoms with Gasteiger partial charge < -0.3 is 20.3 Å². The Kier molecular flexibility index (Phi) is 6.06. The molecular weight excluding hydrogens is 318 g/mol. The van der Waals surface area contributed by atoms with Gasteiger partial charge in [-0.15, -0.1) is 0 Å². The van der Waals surface area contributed by atoms with Crippen LogP contribution in [0.15, 0.2) is 24.3 Å². The van der Waals surface area contributed by atoms with Crippen molar-refractivity contribution in [2.24, 2.45) is 5.41 Å². The Morgan fingerprint density at radius 1 is 1.20 bits per heavy atom. The monoisotopic (exact) mass is 347 g/mol. The van der Waals surface area contributed by atoms with Crippen molar-refractivity contribution in [1.29, 1.82) is 0 Å². The fourth-order valence-corrected chi connectivity index (χ4v) is 2.67. The number of benzene rings is 1. The van der Waals surface area contributed by atoms with Gasteiger partial charge in [0.2, 0.25) is 0 Å². The van der Waals surface area contributed by atoms with Crippen molar-refractivity contribution in [3.8, 4) is 0 Å². The van der Waals surface area contributed by atoms with Gasteiger partial charge in [-0.25, -0.2) is 4.79 Å². The third-order valence-corrected chi connectivity index (χ3v) is 4.13. The molecule has 1 unspecified atom stereocenters. The van der Waals surface area contributed by atoms with Crippen LogP contribution in [0.3, 0.4) is 0 Å². The second-order valence-corrected chi connectivity index (χ2v) is 7.81. The molecule has 1 aromatic rings. The molecule has 1 fully saturated rings. The third kappa shape index (κ3) is 5.46. The van der Waals surface area contributed by atoms with E-state index in [1.165, 1.54) is 0 Å². The molecule has 1 aliphatic rings. The van der Waals surface area contributed by atoms with Crippen LogP contribution in [-0.2, 0) is 4.74 Å². The number of nitrogens with zero attached hydrogens (tertiary/aromatic N) is 1. The van der Waals surface area contributed by atoms with Crippen LogP contribution < -0.4 is 10.6 Å². The van der Waals surface area contributed by atoms with Crippen molar-refractivity contribution < 1.29 is 14.3 Å². The summed E-state index contributed by atoms with van der Waals surface area (Å²) in [6.45, 7) is 11.9. The van der Waals surface area contributed by atoms with Crippen molar-refractivity contribution in [3.05, 3.63) is 29.8 Å². The van der Waals surface area contributed by atoms with Crippen molar-refractivity contribution in [1.82, 2.24) is 10.2 Å². The first-order chi connectivity index (χ1) is 11.7. The summed E-state index contributed by atoms with van der Waals surface area (Å²) in [5, 5.41) is 5.51. The minimum atomic E-state index is -0.254. The van der Waals surface area contributed by atoms with Crippen LogP contribution in [0.4, 0.5) is 10.5 Å². The molecular formula is C19H29N3O3. The average Bonchev–Trinajstić information content (AvgIpc) is 2.53. The summed E-state index contributed by atoms with van der Waals surface area (Å²) < 4.78 is 5.80. The van der Waals surface area contributed by atoms with Crippen LogP contribution in [-0.4, -0.2) is 48.7 Å².